The third kappa shape index (κ3) is 4.66. The van der Waals surface area contributed by atoms with Gasteiger partial charge >= 0.3 is 0 Å². The number of nitrogen functional groups attached to an aromatic ring is 1. The first-order valence-electron chi connectivity index (χ1n) is 8.89. The molecule has 0 unspecified atom stereocenters. The van der Waals surface area contributed by atoms with E-state index in [1.165, 1.54) is 11.1 Å². The topological polar surface area (TPSA) is 95.5 Å². The van der Waals surface area contributed by atoms with E-state index in [-0.39, 0.29) is 6.61 Å². The van der Waals surface area contributed by atoms with E-state index in [1.54, 1.807) is 17.8 Å². The summed E-state index contributed by atoms with van der Waals surface area (Å²) in [7, 11) is 0. The number of aromatic nitrogens is 2. The summed E-state index contributed by atoms with van der Waals surface area (Å²) in [5.41, 5.74) is 7.52. The lowest BCUT2D eigenvalue weighted by atomic mass is 9.96. The predicted molar refractivity (Wildman–Crippen MR) is 105 cm³/mol. The number of benzene rings is 1. The Morgan fingerprint density at radius 3 is 2.81 bits per heavy atom. The Labute approximate surface area is 158 Å². The van der Waals surface area contributed by atoms with Crippen LogP contribution in [0.4, 0.5) is 11.6 Å². The molecule has 140 valence electrons. The molecule has 2 aromatic rings. The van der Waals surface area contributed by atoms with E-state index >= 15 is 0 Å². The largest absolute Gasteiger partial charge is 0.393 e. The minimum atomic E-state index is -0.990. The molecule has 1 fully saturated rings. The smallest absolute Gasteiger partial charge is 0.191 e. The number of nitrogens with zero attached hydrogens (tertiary/aromatic N) is 3. The third-order valence-corrected chi connectivity index (χ3v) is 5.76. The molecule has 1 aliphatic heterocycles. The lowest BCUT2D eigenvalue weighted by Gasteiger charge is -2.25. The van der Waals surface area contributed by atoms with E-state index in [4.69, 9.17) is 5.73 Å². The number of rotatable bonds is 5. The number of hydrogen-bond donors (Lipinski definition) is 3. The van der Waals surface area contributed by atoms with Gasteiger partial charge in [-0.1, -0.05) is 36.0 Å². The molecule has 1 saturated heterocycles. The first-order chi connectivity index (χ1) is 12.5. The Morgan fingerprint density at radius 1 is 1.23 bits per heavy atom. The highest BCUT2D eigenvalue weighted by Crippen LogP contribution is 2.28. The van der Waals surface area contributed by atoms with Gasteiger partial charge in [-0.05, 0) is 37.3 Å². The molecule has 1 atom stereocenters. The minimum Gasteiger partial charge on any atom is -0.393 e. The van der Waals surface area contributed by atoms with Crippen molar-refractivity contribution in [1.82, 2.24) is 9.97 Å². The first kappa shape index (κ1) is 18.9. The van der Waals surface area contributed by atoms with Crippen LogP contribution in [0.25, 0.3) is 0 Å². The fraction of sp³-hybridized carbons (Fsp3) is 0.474. The lowest BCUT2D eigenvalue weighted by molar-refractivity contribution is -0.0232. The fourth-order valence-corrected chi connectivity index (χ4v) is 4.07. The maximum absolute atomic E-state index is 10.3. The Kier molecular flexibility index (Phi) is 6.01. The summed E-state index contributed by atoms with van der Waals surface area (Å²) >= 11 is 1.57. The number of aliphatic hydroxyl groups is 2. The lowest BCUT2D eigenvalue weighted by Crippen LogP contribution is -2.34. The molecule has 0 aliphatic carbocycles. The van der Waals surface area contributed by atoms with Gasteiger partial charge in [0.05, 0.1) is 12.2 Å². The van der Waals surface area contributed by atoms with Crippen molar-refractivity contribution in [1.29, 1.82) is 0 Å². The van der Waals surface area contributed by atoms with E-state index < -0.39 is 5.60 Å². The van der Waals surface area contributed by atoms with E-state index in [9.17, 15) is 10.2 Å². The minimum absolute atomic E-state index is 0.204. The van der Waals surface area contributed by atoms with Gasteiger partial charge in [0.1, 0.15) is 11.6 Å². The second-order valence-electron chi connectivity index (χ2n) is 6.87. The van der Waals surface area contributed by atoms with Crippen molar-refractivity contribution in [2.75, 3.05) is 30.3 Å². The van der Waals surface area contributed by atoms with Crippen molar-refractivity contribution in [3.8, 4) is 0 Å². The summed E-state index contributed by atoms with van der Waals surface area (Å²) in [6, 6.07) is 10.1. The van der Waals surface area contributed by atoms with Gasteiger partial charge in [-0.25, -0.2) is 9.97 Å². The van der Waals surface area contributed by atoms with Crippen LogP contribution in [0.15, 0.2) is 35.5 Å². The molecule has 4 N–H and O–H groups in total. The maximum atomic E-state index is 10.3. The van der Waals surface area contributed by atoms with Gasteiger partial charge in [-0.15, -0.1) is 0 Å². The zero-order chi connectivity index (χ0) is 18.6. The van der Waals surface area contributed by atoms with Gasteiger partial charge < -0.3 is 20.8 Å². The molecule has 1 aromatic carbocycles. The van der Waals surface area contributed by atoms with E-state index in [2.05, 4.69) is 33.9 Å². The van der Waals surface area contributed by atoms with Crippen LogP contribution in [0, 0.1) is 6.92 Å². The van der Waals surface area contributed by atoms with Gasteiger partial charge in [0, 0.05) is 24.9 Å². The molecule has 1 aromatic heterocycles. The summed E-state index contributed by atoms with van der Waals surface area (Å²) in [6.07, 6.45) is 1.90. The number of nitrogens with two attached hydrogens (primary N) is 1. The quantitative estimate of drug-likeness (QED) is 0.546. The average Bonchev–Trinajstić information content (AvgIpc) is 2.83. The van der Waals surface area contributed by atoms with Crippen LogP contribution in [0.2, 0.25) is 0 Å². The van der Waals surface area contributed by atoms with Crippen molar-refractivity contribution in [2.24, 2.45) is 0 Å². The molecule has 2 heterocycles. The molecule has 3 rings (SSSR count). The van der Waals surface area contributed by atoms with E-state index in [1.807, 2.05) is 12.1 Å². The highest BCUT2D eigenvalue weighted by molar-refractivity contribution is 7.98. The van der Waals surface area contributed by atoms with Gasteiger partial charge in [0.25, 0.3) is 0 Å². The number of hydrogen-bond acceptors (Lipinski definition) is 7. The molecule has 1 aliphatic rings. The molecule has 0 radical (unpaired) electrons. The van der Waals surface area contributed by atoms with Crippen molar-refractivity contribution >= 4 is 23.4 Å². The molecular weight excluding hydrogens is 348 g/mol. The maximum Gasteiger partial charge on any atom is 0.191 e. The predicted octanol–water partition coefficient (Wildman–Crippen LogP) is 2.37. The second kappa shape index (κ2) is 8.24. The van der Waals surface area contributed by atoms with Gasteiger partial charge in [0.15, 0.2) is 5.16 Å². The average molecular weight is 375 g/mol. The summed E-state index contributed by atoms with van der Waals surface area (Å²) in [6.45, 7) is 3.31. The van der Waals surface area contributed by atoms with Gasteiger partial charge in [-0.2, -0.15) is 0 Å². The van der Waals surface area contributed by atoms with Crippen LogP contribution < -0.4 is 10.6 Å². The first-order valence-corrected chi connectivity index (χ1v) is 9.88. The van der Waals surface area contributed by atoms with Crippen LogP contribution >= 0.6 is 11.8 Å². The number of anilines is 2. The third-order valence-electron chi connectivity index (χ3n) is 4.87. The highest BCUT2D eigenvalue weighted by atomic mass is 32.2. The molecule has 26 heavy (non-hydrogen) atoms. The number of aryl methyl sites for hydroxylation is 1. The molecule has 6 nitrogen and oxygen atoms in total. The van der Waals surface area contributed by atoms with Crippen LogP contribution in [0.5, 0.6) is 0 Å². The zero-order valence-corrected chi connectivity index (χ0v) is 15.9. The summed E-state index contributed by atoms with van der Waals surface area (Å²) in [5, 5.41) is 20.4. The van der Waals surface area contributed by atoms with Crippen LogP contribution in [-0.2, 0) is 5.75 Å². The van der Waals surface area contributed by atoms with Crippen molar-refractivity contribution < 1.29 is 10.2 Å². The summed E-state index contributed by atoms with van der Waals surface area (Å²) in [4.78, 5) is 11.1. The number of thioether (sulfide) groups is 1. The van der Waals surface area contributed by atoms with Crippen LogP contribution in [-0.4, -0.2) is 45.5 Å². The zero-order valence-electron chi connectivity index (χ0n) is 15.1. The number of aliphatic hydroxyl groups excluding tert-OH is 1. The Hall–Kier alpha value is -1.83. The summed E-state index contributed by atoms with van der Waals surface area (Å²) < 4.78 is 0. The SMILES string of the molecule is Cc1ccccc1CSc1nc(N)cc(N2CCC[C@](O)(CO)CC2)n1. The van der Waals surface area contributed by atoms with Crippen LogP contribution in [0.1, 0.15) is 30.4 Å². The van der Waals surface area contributed by atoms with Gasteiger partial charge in [0.2, 0.25) is 0 Å². The molecule has 0 saturated carbocycles. The Morgan fingerprint density at radius 2 is 2.04 bits per heavy atom. The normalized spacial score (nSPS) is 20.8. The molecule has 0 spiro atoms. The van der Waals surface area contributed by atoms with Crippen molar-refractivity contribution in [3.05, 3.63) is 41.5 Å². The fourth-order valence-electron chi connectivity index (χ4n) is 3.14. The standard InChI is InChI=1S/C19H26N4O2S/c1-14-5-2-3-6-15(14)12-26-18-21-16(20)11-17(22-18)23-9-4-7-19(25,13-24)8-10-23/h2-3,5-6,11,24-25H,4,7-10,12-13H2,1H3,(H2,20,21,22)/t19-/m1/s1. The van der Waals surface area contributed by atoms with Crippen molar-refractivity contribution in [2.45, 2.75) is 42.7 Å². The molecule has 0 amide bonds. The summed E-state index contributed by atoms with van der Waals surface area (Å²) in [5.74, 6) is 2.02. The monoisotopic (exact) mass is 374 g/mol. The van der Waals surface area contributed by atoms with Gasteiger partial charge in [-0.3, -0.25) is 0 Å². The van der Waals surface area contributed by atoms with E-state index in [0.29, 0.717) is 30.4 Å². The Balaban J connectivity index is 1.72. The van der Waals surface area contributed by atoms with Crippen molar-refractivity contribution in [3.63, 3.8) is 0 Å². The molecule has 7 heteroatoms. The highest BCUT2D eigenvalue weighted by Gasteiger charge is 2.29. The van der Waals surface area contributed by atoms with E-state index in [0.717, 1.165) is 24.5 Å². The molecular formula is C19H26N4O2S. The molecule has 0 bridgehead atoms. The van der Waals surface area contributed by atoms with Crippen LogP contribution in [0.3, 0.4) is 0 Å². The Bertz CT molecular complexity index is 758. The second-order valence-corrected chi connectivity index (χ2v) is 7.81.